The Bertz CT molecular complexity index is 2750. The van der Waals surface area contributed by atoms with E-state index in [1.165, 1.54) is 6.07 Å². The number of urea groups is 1. The van der Waals surface area contributed by atoms with Gasteiger partial charge in [-0.05, 0) is 33.1 Å². The van der Waals surface area contributed by atoms with Gasteiger partial charge in [-0.1, -0.05) is 21.6 Å². The van der Waals surface area contributed by atoms with E-state index in [0.29, 0.717) is 90.8 Å². The zero-order chi connectivity index (χ0) is 54.3. The monoisotopic (exact) mass is 1090 g/mol. The molecule has 6 aliphatic rings. The molecule has 2 radical (unpaired) electrons. The number of rotatable bonds is 20. The standard InChI is InChI=1S/C51H63B2FN12O9S2/c1-50(2,28-39(67)61-60-38-8-5-18-62(3)47-36(38)31-56-48(59-47)73-25-6-9-43(71)74-66-41(69)12-13-42(66)70)77-76-26-16-40(68)64-23-21-63(22-24-64)35-14-19-65(20-15-35)49(72)57-30-32-10-11-34(27-37(32)54)58-46-45-44(51(45,52)75-53-46)33-7-4-17-55-29-33/h4,7,10-11,17,27,29,31,35,44-45,58H,5-6,8-9,12-16,18-26,28,30H2,1-3H3,(H,57,72)(H,61,67)/b60-38+. The average Bonchev–Trinajstić information content (AvgIpc) is 4.08. The number of halogens is 1. The number of piperidine rings is 1. The molecule has 4 fully saturated rings. The molecule has 21 nitrogen and oxygen atoms in total. The summed E-state index contributed by atoms with van der Waals surface area (Å²) in [5.41, 5.74) is 5.91. The summed E-state index contributed by atoms with van der Waals surface area (Å²) in [6.45, 7) is 8.84. The van der Waals surface area contributed by atoms with Crippen molar-refractivity contribution in [1.82, 2.24) is 45.5 Å². The third kappa shape index (κ3) is 13.7. The van der Waals surface area contributed by atoms with Crippen LogP contribution in [0.4, 0.5) is 20.7 Å². The molecular formula is C51H63B2FN12O9S2. The third-order valence-corrected chi connectivity index (χ3v) is 17.8. The Morgan fingerprint density at radius 3 is 2.51 bits per heavy atom. The van der Waals surface area contributed by atoms with E-state index in [1.807, 2.05) is 42.8 Å². The van der Waals surface area contributed by atoms with Gasteiger partial charge < -0.3 is 19.4 Å². The number of hydrazone groups is 1. The fraction of sp³-hybridized carbons (Fsp3) is 0.549. The first-order valence-corrected chi connectivity index (χ1v) is 28.5. The molecular weight excluding hydrogens is 1030 g/mol. The van der Waals surface area contributed by atoms with Crippen LogP contribution in [0.25, 0.3) is 0 Å². The molecule has 26 heteroatoms. The molecule has 1 aromatic carbocycles. The Hall–Kier alpha value is -6.27. The number of aromatic nitrogens is 3. The molecule has 0 spiro atoms. The number of pyridine rings is 1. The van der Waals surface area contributed by atoms with Gasteiger partial charge in [-0.15, -0.1) is 5.06 Å². The molecule has 3 atom stereocenters. The molecule has 3 N–H and O–H groups in total. The number of ether oxygens (including phenoxy) is 1. The summed E-state index contributed by atoms with van der Waals surface area (Å²) in [5, 5.41) is 11.2. The number of carbonyl (C=O) groups is 6. The topological polar surface area (TPSA) is 233 Å². The van der Waals surface area contributed by atoms with Gasteiger partial charge in [0, 0.05) is 88.2 Å². The zero-order valence-corrected chi connectivity index (χ0v) is 45.2. The van der Waals surface area contributed by atoms with Crippen LogP contribution < -0.4 is 25.7 Å². The molecule has 3 saturated heterocycles. The first kappa shape index (κ1) is 55.5. The van der Waals surface area contributed by atoms with Crippen LogP contribution in [0.1, 0.15) is 101 Å². The minimum absolute atomic E-state index is 0.0230. The number of carbonyl (C=O) groups excluding carboxylic acids is 6. The van der Waals surface area contributed by atoms with Gasteiger partial charge in [-0.3, -0.25) is 24.1 Å². The van der Waals surface area contributed by atoms with E-state index in [9.17, 15) is 28.8 Å². The minimum atomic E-state index is -0.837. The molecule has 3 aromatic rings. The Kier molecular flexibility index (Phi) is 17.7. The second-order valence-electron chi connectivity index (χ2n) is 20.6. The normalized spacial score (nSPS) is 22.1. The molecule has 5 aliphatic heterocycles. The summed E-state index contributed by atoms with van der Waals surface area (Å²) in [4.78, 5) is 101. The summed E-state index contributed by atoms with van der Waals surface area (Å²) >= 11 is 0. The number of piperazine rings is 1. The van der Waals surface area contributed by atoms with Gasteiger partial charge in [-0.2, -0.15) is 10.1 Å². The van der Waals surface area contributed by atoms with Gasteiger partial charge in [0.15, 0.2) is 0 Å². The van der Waals surface area contributed by atoms with Gasteiger partial charge >= 0.3 is 188 Å². The number of benzene rings is 1. The molecule has 1 saturated carbocycles. The maximum atomic E-state index is 15.3. The van der Waals surface area contributed by atoms with E-state index in [4.69, 9.17) is 22.1 Å². The number of amides is 6. The van der Waals surface area contributed by atoms with E-state index in [0.717, 1.165) is 43.5 Å². The molecule has 0 bridgehead atoms. The van der Waals surface area contributed by atoms with Crippen molar-refractivity contribution in [3.05, 3.63) is 71.4 Å². The predicted molar refractivity (Wildman–Crippen MR) is 290 cm³/mol. The number of anilines is 2. The van der Waals surface area contributed by atoms with Gasteiger partial charge in [0.05, 0.1) is 24.3 Å². The zero-order valence-electron chi connectivity index (χ0n) is 43.5. The first-order valence-electron chi connectivity index (χ1n) is 26.2. The van der Waals surface area contributed by atoms with Crippen LogP contribution in [0.3, 0.4) is 0 Å². The van der Waals surface area contributed by atoms with Crippen LogP contribution >= 0.6 is 21.6 Å². The van der Waals surface area contributed by atoms with Crippen molar-refractivity contribution in [3.8, 4) is 6.01 Å². The Labute approximate surface area is 456 Å². The molecule has 406 valence electrons. The molecule has 1 aliphatic carbocycles. The van der Waals surface area contributed by atoms with Crippen molar-refractivity contribution in [2.45, 2.75) is 107 Å². The number of nitrogens with zero attached hydrogens (tertiary/aromatic N) is 9. The fourth-order valence-corrected chi connectivity index (χ4v) is 12.8. The van der Waals surface area contributed by atoms with Gasteiger partial charge in [-0.25, -0.2) is 15.2 Å². The number of hydrogen-bond donors (Lipinski definition) is 3. The predicted octanol–water partition coefficient (Wildman–Crippen LogP) is 3.76. The second kappa shape index (κ2) is 24.6. The summed E-state index contributed by atoms with van der Waals surface area (Å²) < 4.78 is 26.3. The van der Waals surface area contributed by atoms with E-state index >= 15 is 4.39 Å². The van der Waals surface area contributed by atoms with Crippen LogP contribution in [-0.2, 0) is 40.0 Å². The Morgan fingerprint density at radius 2 is 1.77 bits per heavy atom. The van der Waals surface area contributed by atoms with Gasteiger partial charge in [0.2, 0.25) is 11.8 Å². The molecule has 6 amide bonds. The molecule has 7 heterocycles. The second-order valence-corrected chi connectivity index (χ2v) is 23.7. The van der Waals surface area contributed by atoms with E-state index in [2.05, 4.69) is 41.0 Å². The quantitative estimate of drug-likeness (QED) is 0.0481. The van der Waals surface area contributed by atoms with Crippen molar-refractivity contribution in [2.24, 2.45) is 11.0 Å². The first-order chi connectivity index (χ1) is 37.0. The van der Waals surface area contributed by atoms with Crippen molar-refractivity contribution in [3.63, 3.8) is 0 Å². The molecule has 3 unspecified atom stereocenters. The molecule has 9 rings (SSSR count). The Morgan fingerprint density at radius 1 is 0.987 bits per heavy atom. The number of hydrogen-bond acceptors (Lipinski definition) is 18. The molecule has 77 heavy (non-hydrogen) atoms. The molecule has 2 aromatic heterocycles. The number of nitrogens with one attached hydrogen (secondary N) is 3. The van der Waals surface area contributed by atoms with Crippen molar-refractivity contribution in [2.75, 3.05) is 75.4 Å². The van der Waals surface area contributed by atoms with E-state index in [1.54, 1.807) is 64.3 Å². The van der Waals surface area contributed by atoms with Gasteiger partial charge in [0.1, 0.15) is 5.82 Å². The van der Waals surface area contributed by atoms with Crippen molar-refractivity contribution < 1.29 is 47.4 Å². The van der Waals surface area contributed by atoms with Crippen molar-refractivity contribution >= 4 is 95.0 Å². The number of imide groups is 1. The van der Waals surface area contributed by atoms with Crippen LogP contribution in [0, 0.1) is 11.7 Å². The average molecular weight is 1090 g/mol. The van der Waals surface area contributed by atoms with E-state index < -0.39 is 33.8 Å². The van der Waals surface area contributed by atoms with E-state index in [-0.39, 0.29) is 80.9 Å². The number of fused-ring (bicyclic) bond motifs is 2. The summed E-state index contributed by atoms with van der Waals surface area (Å²) in [7, 11) is 13.1. The summed E-state index contributed by atoms with van der Waals surface area (Å²) in [6, 6.07) is 8.90. The number of hydroxylamine groups is 2. The van der Waals surface area contributed by atoms with Gasteiger partial charge in [0.25, 0.3) is 11.8 Å². The van der Waals surface area contributed by atoms with Crippen LogP contribution in [0.15, 0.2) is 54.0 Å². The third-order valence-electron chi connectivity index (χ3n) is 14.5. The van der Waals surface area contributed by atoms with Crippen LogP contribution in [0.5, 0.6) is 6.01 Å². The fourth-order valence-electron chi connectivity index (χ4n) is 10.3. The SMILES string of the molecule is [B]C12OB=C(Nc3ccc(CNC(=O)N4CCC(N5CCN(C(=O)CCSSC(C)(C)CC(=O)N/N=C6\CCCN(C)c7nc(OCCCC(=O)ON8C(=O)CCC8=O)ncc76)CC5)CC4)c(F)c3)C1C2c1cccnc1. The van der Waals surface area contributed by atoms with Crippen LogP contribution in [-0.4, -0.2) is 178 Å². The van der Waals surface area contributed by atoms with Crippen molar-refractivity contribution in [1.29, 1.82) is 0 Å². The van der Waals surface area contributed by atoms with Crippen LogP contribution in [0.2, 0.25) is 0 Å². The summed E-state index contributed by atoms with van der Waals surface area (Å²) in [6.07, 6.45) is 8.91. The Balaban J connectivity index is 0.630. The maximum absolute atomic E-state index is 15.3. The number of likely N-dealkylation sites (tertiary alicyclic amines) is 1. The summed E-state index contributed by atoms with van der Waals surface area (Å²) in [5.74, 6) is -1.28.